The van der Waals surface area contributed by atoms with Crippen molar-refractivity contribution in [3.8, 4) is 0 Å². The SMILES string of the molecule is CCCCCCCC[CH2][Ca][CH2]CCCCCCCC. The van der Waals surface area contributed by atoms with Crippen LogP contribution in [0, 0.1) is 0 Å². The van der Waals surface area contributed by atoms with Crippen LogP contribution < -0.4 is 0 Å². The van der Waals surface area contributed by atoms with Crippen LogP contribution in [0.25, 0.3) is 0 Å². The standard InChI is InChI=1S/2C9H19.Ca/c2*1-3-5-7-9-8-6-4-2;/h2*1,3-9H2,2H3;. The topological polar surface area (TPSA) is 0 Å². The van der Waals surface area contributed by atoms with Crippen LogP contribution in [0.4, 0.5) is 0 Å². The van der Waals surface area contributed by atoms with Gasteiger partial charge in [0.05, 0.1) is 0 Å². The van der Waals surface area contributed by atoms with Gasteiger partial charge < -0.3 is 0 Å². The van der Waals surface area contributed by atoms with Gasteiger partial charge in [-0.3, -0.25) is 0 Å². The summed E-state index contributed by atoms with van der Waals surface area (Å²) in [6, 6.07) is 0. The van der Waals surface area contributed by atoms with E-state index in [9.17, 15) is 0 Å². The summed E-state index contributed by atoms with van der Waals surface area (Å²) in [7, 11) is 0. The molecule has 0 aliphatic rings. The summed E-state index contributed by atoms with van der Waals surface area (Å²) in [6.45, 7) is 4.61. The van der Waals surface area contributed by atoms with Gasteiger partial charge in [-0.25, -0.2) is 0 Å². The molecule has 0 aliphatic carbocycles. The molecular weight excluding hydrogens is 256 g/mol. The fraction of sp³-hybridized carbons (Fsp3) is 1.00. The molecule has 0 aromatic carbocycles. The van der Waals surface area contributed by atoms with Crippen molar-refractivity contribution in [3.63, 3.8) is 0 Å². The van der Waals surface area contributed by atoms with Crippen LogP contribution in [-0.2, 0) is 0 Å². The fourth-order valence-corrected chi connectivity index (χ4v) is 5.56. The molecule has 0 aliphatic heterocycles. The first kappa shape index (κ1) is 20.3. The second kappa shape index (κ2) is 19.3. The molecule has 112 valence electrons. The van der Waals surface area contributed by atoms with Crippen molar-refractivity contribution in [2.45, 2.75) is 109 Å². The molecule has 0 amide bonds. The summed E-state index contributed by atoms with van der Waals surface area (Å²) < 4.78 is 3.35. The normalized spacial score (nSPS) is 10.6. The van der Waals surface area contributed by atoms with Crippen molar-refractivity contribution < 1.29 is 0 Å². The van der Waals surface area contributed by atoms with Crippen LogP contribution in [0.3, 0.4) is 0 Å². The van der Waals surface area contributed by atoms with Crippen molar-refractivity contribution in [1.29, 1.82) is 0 Å². The Hall–Kier alpha value is 1.26. The molecule has 0 aromatic rings. The fourth-order valence-electron chi connectivity index (χ4n) is 2.80. The second-order valence-electron chi connectivity index (χ2n) is 6.30. The first-order valence-electron chi connectivity index (χ1n) is 9.41. The first-order chi connectivity index (χ1) is 9.41. The molecule has 0 rings (SSSR count). The Balaban J connectivity index is 2.88. The van der Waals surface area contributed by atoms with Crippen LogP contribution in [0.15, 0.2) is 0 Å². The van der Waals surface area contributed by atoms with Gasteiger partial charge in [-0.2, -0.15) is 0 Å². The van der Waals surface area contributed by atoms with E-state index in [1.807, 2.05) is 0 Å². The van der Waals surface area contributed by atoms with Crippen LogP contribution >= 0.6 is 0 Å². The third-order valence-electron chi connectivity index (χ3n) is 4.21. The summed E-state index contributed by atoms with van der Waals surface area (Å²) in [5.74, 6) is 0. The Labute approximate surface area is 141 Å². The molecule has 0 nitrogen and oxygen atoms in total. The van der Waals surface area contributed by atoms with Crippen LogP contribution in [0.5, 0.6) is 0 Å². The van der Waals surface area contributed by atoms with Crippen molar-refractivity contribution in [1.82, 2.24) is 0 Å². The zero-order chi connectivity index (χ0) is 14.0. The van der Waals surface area contributed by atoms with Crippen molar-refractivity contribution in [3.05, 3.63) is 0 Å². The zero-order valence-electron chi connectivity index (χ0n) is 14.0. The molecule has 0 atom stereocenters. The maximum atomic E-state index is 2.30. The third kappa shape index (κ3) is 19.3. The molecule has 0 fully saturated rings. The summed E-state index contributed by atoms with van der Waals surface area (Å²) >= 11 is -0.0847. The average Bonchev–Trinajstić information content (AvgIpc) is 2.43. The number of hydrogen-bond donors (Lipinski definition) is 0. The summed E-state index contributed by atoms with van der Waals surface area (Å²) in [6.07, 6.45) is 20.9. The Morgan fingerprint density at radius 3 is 1.11 bits per heavy atom. The first-order valence-corrected chi connectivity index (χ1v) is 12.5. The van der Waals surface area contributed by atoms with E-state index < -0.39 is 0 Å². The molecule has 0 N–H and O–H groups in total. The Morgan fingerprint density at radius 2 is 0.737 bits per heavy atom. The van der Waals surface area contributed by atoms with E-state index >= 15 is 0 Å². The second-order valence-corrected chi connectivity index (χ2v) is 9.62. The molecule has 0 radical (unpaired) electrons. The number of hydrogen-bond acceptors (Lipinski definition) is 0. The number of rotatable bonds is 16. The van der Waals surface area contributed by atoms with Gasteiger partial charge in [-0.15, -0.1) is 0 Å². The molecule has 0 saturated heterocycles. The van der Waals surface area contributed by atoms with Crippen molar-refractivity contribution in [2.24, 2.45) is 0 Å². The molecule has 0 unspecified atom stereocenters. The van der Waals surface area contributed by atoms with Crippen LogP contribution in [-0.4, -0.2) is 33.8 Å². The predicted octanol–water partition coefficient (Wildman–Crippen LogP) is 7.03. The minimum atomic E-state index is -0.0847. The zero-order valence-corrected chi connectivity index (χ0v) is 16.2. The van der Waals surface area contributed by atoms with Crippen LogP contribution in [0.1, 0.15) is 104 Å². The minimum absolute atomic E-state index is 0.0847. The molecule has 0 aromatic heterocycles. The molecule has 0 bridgehead atoms. The van der Waals surface area contributed by atoms with E-state index in [1.165, 1.54) is 77.0 Å². The van der Waals surface area contributed by atoms with E-state index in [2.05, 4.69) is 13.8 Å². The predicted molar refractivity (Wildman–Crippen MR) is 91.4 cm³/mol. The average molecular weight is 295 g/mol. The van der Waals surface area contributed by atoms with E-state index in [-0.39, 0.29) is 33.8 Å². The van der Waals surface area contributed by atoms with E-state index in [1.54, 1.807) is 17.9 Å². The summed E-state index contributed by atoms with van der Waals surface area (Å²) in [5, 5.41) is 0. The molecule has 1 heteroatoms. The van der Waals surface area contributed by atoms with Crippen LogP contribution in [0.2, 0.25) is 5.04 Å². The van der Waals surface area contributed by atoms with E-state index in [0.29, 0.717) is 0 Å². The quantitative estimate of drug-likeness (QED) is 0.212. The monoisotopic (exact) mass is 294 g/mol. The van der Waals surface area contributed by atoms with Gasteiger partial charge in [0.1, 0.15) is 0 Å². The van der Waals surface area contributed by atoms with Gasteiger partial charge >= 0.3 is 143 Å². The van der Waals surface area contributed by atoms with E-state index in [0.717, 1.165) is 0 Å². The van der Waals surface area contributed by atoms with Gasteiger partial charge in [0.2, 0.25) is 0 Å². The molecule has 0 saturated carbocycles. The third-order valence-corrected chi connectivity index (χ3v) is 7.33. The van der Waals surface area contributed by atoms with Gasteiger partial charge in [0, 0.05) is 0 Å². The summed E-state index contributed by atoms with van der Waals surface area (Å²) in [4.78, 5) is 0. The molecular formula is C18H38Ca. The molecule has 19 heavy (non-hydrogen) atoms. The van der Waals surface area contributed by atoms with Gasteiger partial charge in [-0.1, -0.05) is 0 Å². The molecule has 0 heterocycles. The van der Waals surface area contributed by atoms with Crippen molar-refractivity contribution in [2.75, 3.05) is 0 Å². The Kier molecular flexibility index (Phi) is 20.5. The molecule has 0 spiro atoms. The van der Waals surface area contributed by atoms with Gasteiger partial charge in [-0.05, 0) is 0 Å². The maximum absolute atomic E-state index is 2.30. The van der Waals surface area contributed by atoms with Crippen molar-refractivity contribution >= 4 is 33.8 Å². The van der Waals surface area contributed by atoms with Gasteiger partial charge in [0.15, 0.2) is 0 Å². The Morgan fingerprint density at radius 1 is 0.421 bits per heavy atom. The van der Waals surface area contributed by atoms with Gasteiger partial charge in [0.25, 0.3) is 0 Å². The Bertz CT molecular complexity index is 129. The number of unbranched alkanes of at least 4 members (excludes halogenated alkanes) is 12. The van der Waals surface area contributed by atoms with E-state index in [4.69, 9.17) is 0 Å². The summed E-state index contributed by atoms with van der Waals surface area (Å²) in [5.41, 5.74) is 0.